The van der Waals surface area contributed by atoms with Crippen LogP contribution in [-0.2, 0) is 15.7 Å². The Morgan fingerprint density at radius 1 is 1.22 bits per heavy atom. The van der Waals surface area contributed by atoms with E-state index in [0.717, 1.165) is 12.3 Å². The molecule has 0 fully saturated rings. The SMILES string of the molecule is CCOC(=O)C(C)Oc1ccc(-c2cc(C(F)(F)F)cnc2N(C)C)cc1. The Morgan fingerprint density at radius 2 is 1.85 bits per heavy atom. The highest BCUT2D eigenvalue weighted by molar-refractivity contribution is 5.77. The van der Waals surface area contributed by atoms with Gasteiger partial charge in [0.1, 0.15) is 11.6 Å². The highest BCUT2D eigenvalue weighted by Gasteiger charge is 2.32. The molecule has 0 aliphatic heterocycles. The van der Waals surface area contributed by atoms with E-state index >= 15 is 0 Å². The maximum Gasteiger partial charge on any atom is 0.417 e. The number of hydrogen-bond acceptors (Lipinski definition) is 5. The van der Waals surface area contributed by atoms with E-state index in [4.69, 9.17) is 9.47 Å². The maximum absolute atomic E-state index is 13.0. The van der Waals surface area contributed by atoms with Gasteiger partial charge in [-0.25, -0.2) is 9.78 Å². The van der Waals surface area contributed by atoms with E-state index in [-0.39, 0.29) is 6.61 Å². The summed E-state index contributed by atoms with van der Waals surface area (Å²) < 4.78 is 49.5. The first kappa shape index (κ1) is 20.5. The molecule has 1 unspecified atom stereocenters. The summed E-state index contributed by atoms with van der Waals surface area (Å²) in [5, 5.41) is 0. The molecule has 2 aromatic rings. The second kappa shape index (κ2) is 8.28. The zero-order valence-electron chi connectivity index (χ0n) is 15.5. The molecular weight excluding hydrogens is 361 g/mol. The van der Waals surface area contributed by atoms with Crippen molar-refractivity contribution in [3.63, 3.8) is 0 Å². The maximum atomic E-state index is 13.0. The summed E-state index contributed by atoms with van der Waals surface area (Å²) in [6.45, 7) is 3.51. The summed E-state index contributed by atoms with van der Waals surface area (Å²) in [7, 11) is 3.41. The molecule has 27 heavy (non-hydrogen) atoms. The van der Waals surface area contributed by atoms with Crippen LogP contribution in [0.1, 0.15) is 19.4 Å². The number of nitrogens with zero attached hydrogens (tertiary/aromatic N) is 2. The predicted octanol–water partition coefficient (Wildman–Crippen LogP) is 4.16. The molecule has 1 aromatic heterocycles. The van der Waals surface area contributed by atoms with Crippen LogP contribution in [0.2, 0.25) is 0 Å². The van der Waals surface area contributed by atoms with Gasteiger partial charge in [-0.2, -0.15) is 13.2 Å². The summed E-state index contributed by atoms with van der Waals surface area (Å²) in [6.07, 6.45) is -4.45. The molecular formula is C19H21F3N2O3. The fraction of sp³-hybridized carbons (Fsp3) is 0.368. The van der Waals surface area contributed by atoms with E-state index in [2.05, 4.69) is 4.98 Å². The molecule has 0 aliphatic carbocycles. The molecule has 0 N–H and O–H groups in total. The van der Waals surface area contributed by atoms with Crippen molar-refractivity contribution in [1.29, 1.82) is 0 Å². The van der Waals surface area contributed by atoms with Crippen LogP contribution in [0.4, 0.5) is 19.0 Å². The summed E-state index contributed by atoms with van der Waals surface area (Å²) in [6, 6.07) is 7.49. The number of hydrogen-bond donors (Lipinski definition) is 0. The number of halogens is 3. The molecule has 8 heteroatoms. The number of carbonyl (C=O) groups is 1. The molecule has 0 aliphatic rings. The quantitative estimate of drug-likeness (QED) is 0.702. The van der Waals surface area contributed by atoms with E-state index < -0.39 is 23.8 Å². The van der Waals surface area contributed by atoms with Crippen LogP contribution in [0.15, 0.2) is 36.5 Å². The van der Waals surface area contributed by atoms with Crippen molar-refractivity contribution in [3.05, 3.63) is 42.1 Å². The third kappa shape index (κ3) is 5.12. The number of carbonyl (C=O) groups excluding carboxylic acids is 1. The molecule has 2 rings (SSSR count). The van der Waals surface area contributed by atoms with Crippen LogP contribution in [0.3, 0.4) is 0 Å². The van der Waals surface area contributed by atoms with Gasteiger partial charge in [0.2, 0.25) is 0 Å². The van der Waals surface area contributed by atoms with E-state index in [1.807, 2.05) is 0 Å². The van der Waals surface area contributed by atoms with Gasteiger partial charge in [-0.05, 0) is 37.6 Å². The zero-order chi connectivity index (χ0) is 20.2. The standard InChI is InChI=1S/C19H21F3N2O3/c1-5-26-18(25)12(2)27-15-8-6-13(7-9-15)16-10-14(19(20,21)22)11-23-17(16)24(3)4/h6-12H,5H2,1-4H3. The van der Waals surface area contributed by atoms with Crippen molar-refractivity contribution < 1.29 is 27.4 Å². The van der Waals surface area contributed by atoms with Gasteiger partial charge in [0, 0.05) is 25.9 Å². The molecule has 1 heterocycles. The van der Waals surface area contributed by atoms with Crippen molar-refractivity contribution in [2.24, 2.45) is 0 Å². The molecule has 0 amide bonds. The van der Waals surface area contributed by atoms with Gasteiger partial charge in [-0.15, -0.1) is 0 Å². The second-order valence-electron chi connectivity index (χ2n) is 6.02. The minimum Gasteiger partial charge on any atom is -0.479 e. The van der Waals surface area contributed by atoms with E-state index in [1.165, 1.54) is 0 Å². The number of benzene rings is 1. The van der Waals surface area contributed by atoms with Crippen molar-refractivity contribution in [2.45, 2.75) is 26.1 Å². The lowest BCUT2D eigenvalue weighted by Crippen LogP contribution is -2.26. The molecule has 0 spiro atoms. The molecule has 0 bridgehead atoms. The largest absolute Gasteiger partial charge is 0.479 e. The Kier molecular flexibility index (Phi) is 6.30. The lowest BCUT2D eigenvalue weighted by molar-refractivity contribution is -0.150. The van der Waals surface area contributed by atoms with Gasteiger partial charge in [-0.1, -0.05) is 12.1 Å². The highest BCUT2D eigenvalue weighted by atomic mass is 19.4. The number of alkyl halides is 3. The first-order chi connectivity index (χ1) is 12.6. The Balaban J connectivity index is 2.31. The number of pyridine rings is 1. The molecule has 1 atom stereocenters. The summed E-state index contributed by atoms with van der Waals surface area (Å²) in [4.78, 5) is 17.2. The zero-order valence-corrected chi connectivity index (χ0v) is 15.5. The molecule has 0 saturated heterocycles. The summed E-state index contributed by atoms with van der Waals surface area (Å²) >= 11 is 0. The third-order valence-corrected chi connectivity index (χ3v) is 3.71. The Hall–Kier alpha value is -2.77. The molecule has 0 saturated carbocycles. The number of anilines is 1. The molecule has 1 aromatic carbocycles. The molecule has 0 radical (unpaired) electrons. The highest BCUT2D eigenvalue weighted by Crippen LogP contribution is 2.36. The van der Waals surface area contributed by atoms with Crippen LogP contribution in [0, 0.1) is 0 Å². The van der Waals surface area contributed by atoms with Crippen molar-refractivity contribution in [2.75, 3.05) is 25.6 Å². The van der Waals surface area contributed by atoms with Gasteiger partial charge in [0.05, 0.1) is 12.2 Å². The molecule has 5 nitrogen and oxygen atoms in total. The second-order valence-corrected chi connectivity index (χ2v) is 6.02. The van der Waals surface area contributed by atoms with Gasteiger partial charge in [0.25, 0.3) is 0 Å². The summed E-state index contributed by atoms with van der Waals surface area (Å²) in [5.74, 6) is 0.334. The van der Waals surface area contributed by atoms with Crippen LogP contribution in [0.5, 0.6) is 5.75 Å². The van der Waals surface area contributed by atoms with E-state index in [1.54, 1.807) is 57.1 Å². The number of aromatic nitrogens is 1. The fourth-order valence-electron chi connectivity index (χ4n) is 2.41. The van der Waals surface area contributed by atoms with Crippen LogP contribution in [-0.4, -0.2) is 37.8 Å². The van der Waals surface area contributed by atoms with Gasteiger partial charge in [0.15, 0.2) is 6.10 Å². The van der Waals surface area contributed by atoms with Crippen molar-refractivity contribution >= 4 is 11.8 Å². The van der Waals surface area contributed by atoms with Crippen LogP contribution < -0.4 is 9.64 Å². The van der Waals surface area contributed by atoms with Gasteiger partial charge >= 0.3 is 12.1 Å². The van der Waals surface area contributed by atoms with Crippen LogP contribution >= 0.6 is 0 Å². The lowest BCUT2D eigenvalue weighted by atomic mass is 10.0. The number of rotatable bonds is 6. The predicted molar refractivity (Wildman–Crippen MR) is 95.7 cm³/mol. The number of ether oxygens (including phenoxy) is 2. The first-order valence-electron chi connectivity index (χ1n) is 8.31. The topological polar surface area (TPSA) is 51.7 Å². The monoisotopic (exact) mass is 382 g/mol. The minimum atomic E-state index is -4.48. The Morgan fingerprint density at radius 3 is 2.37 bits per heavy atom. The normalized spacial score (nSPS) is 12.4. The molecule has 146 valence electrons. The minimum absolute atomic E-state index is 0.251. The van der Waals surface area contributed by atoms with E-state index in [0.29, 0.717) is 22.7 Å². The Labute approximate surface area is 155 Å². The van der Waals surface area contributed by atoms with Gasteiger partial charge < -0.3 is 14.4 Å². The van der Waals surface area contributed by atoms with Crippen molar-refractivity contribution in [1.82, 2.24) is 4.98 Å². The average Bonchev–Trinajstić information content (AvgIpc) is 2.61. The lowest BCUT2D eigenvalue weighted by Gasteiger charge is -2.19. The third-order valence-electron chi connectivity index (χ3n) is 3.71. The van der Waals surface area contributed by atoms with Gasteiger partial charge in [-0.3, -0.25) is 0 Å². The van der Waals surface area contributed by atoms with E-state index in [9.17, 15) is 18.0 Å². The Bertz CT molecular complexity index is 790. The number of esters is 1. The summed E-state index contributed by atoms with van der Waals surface area (Å²) in [5.41, 5.74) is 0.0765. The average molecular weight is 382 g/mol. The fourth-order valence-corrected chi connectivity index (χ4v) is 2.41. The first-order valence-corrected chi connectivity index (χ1v) is 8.31. The van der Waals surface area contributed by atoms with Crippen molar-refractivity contribution in [3.8, 4) is 16.9 Å². The smallest absolute Gasteiger partial charge is 0.417 e. The van der Waals surface area contributed by atoms with Crippen LogP contribution in [0.25, 0.3) is 11.1 Å².